The lowest BCUT2D eigenvalue weighted by atomic mass is 10.0. The molecule has 156 valence electrons. The average Bonchev–Trinajstić information content (AvgIpc) is 2.65. The molecule has 0 spiro atoms. The van der Waals surface area contributed by atoms with Crippen LogP contribution in [0.1, 0.15) is 43.6 Å². The molecule has 1 amide bonds. The van der Waals surface area contributed by atoms with E-state index in [1.54, 1.807) is 24.3 Å². The minimum absolute atomic E-state index is 0.00299. The van der Waals surface area contributed by atoms with Crippen LogP contribution in [0.2, 0.25) is 0 Å². The summed E-state index contributed by atoms with van der Waals surface area (Å²) >= 11 is 0. The van der Waals surface area contributed by atoms with Crippen LogP contribution in [0.3, 0.4) is 0 Å². The van der Waals surface area contributed by atoms with Crippen LogP contribution in [0.15, 0.2) is 54.6 Å². The molecule has 3 aromatic rings. The number of rotatable bonds is 7. The molecule has 0 unspecified atom stereocenters. The van der Waals surface area contributed by atoms with Gasteiger partial charge in [0.15, 0.2) is 0 Å². The van der Waals surface area contributed by atoms with Crippen LogP contribution in [0.5, 0.6) is 11.5 Å². The Hall–Kier alpha value is -3.54. The summed E-state index contributed by atoms with van der Waals surface area (Å²) < 4.78 is 11.6. The lowest BCUT2D eigenvalue weighted by molar-refractivity contribution is 0.102. The molecule has 0 bridgehead atoms. The molecule has 0 aromatic heterocycles. The fourth-order valence-electron chi connectivity index (χ4n) is 3.08. The lowest BCUT2D eigenvalue weighted by Crippen LogP contribution is -2.13. The monoisotopic (exact) mass is 405 g/mol. The SMILES string of the molecule is CC(C)Oc1cc(NC(=O)c2ccc3cc(C(=N)N)ccc3c2)cc(OC(C)C)c1. The van der Waals surface area contributed by atoms with Gasteiger partial charge >= 0.3 is 0 Å². The summed E-state index contributed by atoms with van der Waals surface area (Å²) in [4.78, 5) is 12.9. The second-order valence-corrected chi connectivity index (χ2v) is 7.67. The van der Waals surface area contributed by atoms with Crippen LogP contribution in [-0.2, 0) is 0 Å². The summed E-state index contributed by atoms with van der Waals surface area (Å²) in [5.41, 5.74) is 7.33. The number of anilines is 1. The molecular formula is C24H27N3O3. The van der Waals surface area contributed by atoms with Crippen LogP contribution in [0.25, 0.3) is 10.8 Å². The molecule has 0 atom stereocenters. The smallest absolute Gasteiger partial charge is 0.255 e. The maximum atomic E-state index is 12.9. The Balaban J connectivity index is 1.86. The van der Waals surface area contributed by atoms with Gasteiger partial charge in [0.1, 0.15) is 17.3 Å². The van der Waals surface area contributed by atoms with Crippen molar-refractivity contribution < 1.29 is 14.3 Å². The van der Waals surface area contributed by atoms with Gasteiger partial charge in [-0.3, -0.25) is 10.2 Å². The number of hydrogen-bond donors (Lipinski definition) is 3. The van der Waals surface area contributed by atoms with E-state index in [1.165, 1.54) is 0 Å². The van der Waals surface area contributed by atoms with E-state index in [0.717, 1.165) is 10.8 Å². The van der Waals surface area contributed by atoms with Crippen molar-refractivity contribution in [1.82, 2.24) is 0 Å². The summed E-state index contributed by atoms with van der Waals surface area (Å²) in [6.07, 6.45) is 0.00599. The van der Waals surface area contributed by atoms with E-state index in [-0.39, 0.29) is 24.0 Å². The molecular weight excluding hydrogens is 378 g/mol. The van der Waals surface area contributed by atoms with Gasteiger partial charge in [0.05, 0.1) is 12.2 Å². The second kappa shape index (κ2) is 8.86. The fraction of sp³-hybridized carbons (Fsp3) is 0.250. The number of amidine groups is 1. The van der Waals surface area contributed by atoms with Gasteiger partial charge in [-0.25, -0.2) is 0 Å². The zero-order valence-corrected chi connectivity index (χ0v) is 17.7. The Bertz CT molecular complexity index is 1060. The molecule has 0 radical (unpaired) electrons. The fourth-order valence-corrected chi connectivity index (χ4v) is 3.08. The standard InChI is InChI=1S/C24H27N3O3/c1-14(2)29-21-11-20(12-22(13-21)30-15(3)4)27-24(28)19-8-6-16-9-18(23(25)26)7-5-17(16)10-19/h5-15H,1-4H3,(H3,25,26)(H,27,28). The van der Waals surface area contributed by atoms with Crippen molar-refractivity contribution >= 4 is 28.2 Å². The van der Waals surface area contributed by atoms with E-state index in [4.69, 9.17) is 20.6 Å². The zero-order valence-electron chi connectivity index (χ0n) is 17.7. The molecule has 0 saturated carbocycles. The van der Waals surface area contributed by atoms with Gasteiger partial charge in [-0.1, -0.05) is 18.2 Å². The minimum atomic E-state index is -0.232. The van der Waals surface area contributed by atoms with Crippen LogP contribution in [0, 0.1) is 5.41 Å². The molecule has 30 heavy (non-hydrogen) atoms. The quantitative estimate of drug-likeness (QED) is 0.383. The molecule has 4 N–H and O–H groups in total. The van der Waals surface area contributed by atoms with E-state index in [0.29, 0.717) is 28.3 Å². The molecule has 0 saturated heterocycles. The third-order valence-corrected chi connectivity index (χ3v) is 4.29. The second-order valence-electron chi connectivity index (χ2n) is 7.67. The van der Waals surface area contributed by atoms with Crippen LogP contribution in [0.4, 0.5) is 5.69 Å². The van der Waals surface area contributed by atoms with Crippen molar-refractivity contribution in [3.63, 3.8) is 0 Å². The van der Waals surface area contributed by atoms with Gasteiger partial charge in [0.25, 0.3) is 5.91 Å². The molecule has 0 fully saturated rings. The van der Waals surface area contributed by atoms with E-state index < -0.39 is 0 Å². The van der Waals surface area contributed by atoms with Gasteiger partial charge in [0.2, 0.25) is 0 Å². The van der Waals surface area contributed by atoms with Crippen molar-refractivity contribution in [2.75, 3.05) is 5.32 Å². The molecule has 0 aliphatic heterocycles. The zero-order chi connectivity index (χ0) is 21.8. The topological polar surface area (TPSA) is 97.4 Å². The predicted octanol–water partition coefficient (Wildman–Crippen LogP) is 4.95. The number of hydrogen-bond acceptors (Lipinski definition) is 4. The number of fused-ring (bicyclic) bond motifs is 1. The largest absolute Gasteiger partial charge is 0.491 e. The molecule has 0 aliphatic carbocycles. The minimum Gasteiger partial charge on any atom is -0.491 e. The molecule has 3 rings (SSSR count). The van der Waals surface area contributed by atoms with Crippen molar-refractivity contribution in [2.24, 2.45) is 5.73 Å². The van der Waals surface area contributed by atoms with E-state index in [9.17, 15) is 4.79 Å². The maximum absolute atomic E-state index is 12.9. The number of carbonyl (C=O) groups excluding carboxylic acids is 1. The highest BCUT2D eigenvalue weighted by atomic mass is 16.5. The number of nitrogen functional groups attached to an aromatic ring is 1. The van der Waals surface area contributed by atoms with Crippen LogP contribution >= 0.6 is 0 Å². The molecule has 6 nitrogen and oxygen atoms in total. The summed E-state index contributed by atoms with van der Waals surface area (Å²) in [6.45, 7) is 7.78. The van der Waals surface area contributed by atoms with Gasteiger partial charge in [-0.15, -0.1) is 0 Å². The van der Waals surface area contributed by atoms with Gasteiger partial charge in [-0.2, -0.15) is 0 Å². The number of ether oxygens (including phenoxy) is 2. The molecule has 3 aromatic carbocycles. The highest BCUT2D eigenvalue weighted by molar-refractivity contribution is 6.07. The summed E-state index contributed by atoms with van der Waals surface area (Å²) in [6, 6.07) is 16.3. The first-order valence-electron chi connectivity index (χ1n) is 9.89. The van der Waals surface area contributed by atoms with E-state index in [2.05, 4.69) is 5.32 Å². The lowest BCUT2D eigenvalue weighted by Gasteiger charge is -2.16. The Kier molecular flexibility index (Phi) is 6.26. The van der Waals surface area contributed by atoms with Crippen molar-refractivity contribution in [2.45, 2.75) is 39.9 Å². The molecule has 6 heteroatoms. The van der Waals surface area contributed by atoms with E-state index >= 15 is 0 Å². The molecule has 0 heterocycles. The first-order valence-corrected chi connectivity index (χ1v) is 9.89. The number of benzene rings is 3. The number of nitrogens with two attached hydrogens (primary N) is 1. The highest BCUT2D eigenvalue weighted by Gasteiger charge is 2.11. The first kappa shape index (κ1) is 21.2. The first-order chi connectivity index (χ1) is 14.2. The van der Waals surface area contributed by atoms with Crippen LogP contribution < -0.4 is 20.5 Å². The third-order valence-electron chi connectivity index (χ3n) is 4.29. The third kappa shape index (κ3) is 5.29. The highest BCUT2D eigenvalue weighted by Crippen LogP contribution is 2.28. The normalized spacial score (nSPS) is 11.0. The van der Waals surface area contributed by atoms with Gasteiger partial charge in [0, 0.05) is 35.0 Å². The predicted molar refractivity (Wildman–Crippen MR) is 121 cm³/mol. The van der Waals surface area contributed by atoms with Crippen LogP contribution in [-0.4, -0.2) is 24.0 Å². The summed E-state index contributed by atoms with van der Waals surface area (Å²) in [7, 11) is 0. The maximum Gasteiger partial charge on any atom is 0.255 e. The van der Waals surface area contributed by atoms with Gasteiger partial charge < -0.3 is 20.5 Å². The molecule has 0 aliphatic rings. The van der Waals surface area contributed by atoms with Gasteiger partial charge in [-0.05, 0) is 56.7 Å². The number of amides is 1. The number of carbonyl (C=O) groups is 1. The Labute approximate surface area is 176 Å². The average molecular weight is 405 g/mol. The summed E-state index contributed by atoms with van der Waals surface area (Å²) in [5.74, 6) is 1.05. The van der Waals surface area contributed by atoms with E-state index in [1.807, 2.05) is 58.0 Å². The Morgan fingerprint density at radius 1 is 0.833 bits per heavy atom. The van der Waals surface area contributed by atoms with Crippen molar-refractivity contribution in [1.29, 1.82) is 5.41 Å². The Morgan fingerprint density at radius 3 is 1.83 bits per heavy atom. The van der Waals surface area contributed by atoms with Crippen molar-refractivity contribution in [3.05, 3.63) is 65.7 Å². The van der Waals surface area contributed by atoms with Crippen molar-refractivity contribution in [3.8, 4) is 11.5 Å². The number of nitrogens with one attached hydrogen (secondary N) is 2. The summed E-state index contributed by atoms with van der Waals surface area (Å²) in [5, 5.41) is 12.3. The Morgan fingerprint density at radius 2 is 1.33 bits per heavy atom.